The summed E-state index contributed by atoms with van der Waals surface area (Å²) in [7, 11) is 0. The molecule has 106 valence electrons. The van der Waals surface area contributed by atoms with Crippen molar-refractivity contribution in [1.82, 2.24) is 0 Å². The standard InChI is InChI=1S/C16H16BrClO2/c1-2-8-20-15-7-6-12(10-14(15)17)16(19)11-4-3-5-13(18)9-11/h3-7,9-10,16,19H,2,8H2,1H3. The summed E-state index contributed by atoms with van der Waals surface area (Å²) in [4.78, 5) is 0. The predicted molar refractivity (Wildman–Crippen MR) is 85.4 cm³/mol. The third-order valence-electron chi connectivity index (χ3n) is 2.90. The lowest BCUT2D eigenvalue weighted by atomic mass is 10.0. The van der Waals surface area contributed by atoms with Gasteiger partial charge in [0.1, 0.15) is 11.9 Å². The molecule has 0 aromatic heterocycles. The maximum absolute atomic E-state index is 10.4. The molecule has 0 heterocycles. The monoisotopic (exact) mass is 354 g/mol. The highest BCUT2D eigenvalue weighted by Crippen LogP contribution is 2.31. The Labute approximate surface area is 132 Å². The number of rotatable bonds is 5. The van der Waals surface area contributed by atoms with E-state index in [1.807, 2.05) is 30.3 Å². The number of hydrogen-bond acceptors (Lipinski definition) is 2. The molecule has 0 amide bonds. The van der Waals surface area contributed by atoms with E-state index in [-0.39, 0.29) is 0 Å². The van der Waals surface area contributed by atoms with E-state index in [9.17, 15) is 5.11 Å². The molecule has 0 radical (unpaired) electrons. The lowest BCUT2D eigenvalue weighted by molar-refractivity contribution is 0.220. The predicted octanol–water partition coefficient (Wildman–Crippen LogP) is 4.97. The van der Waals surface area contributed by atoms with Gasteiger partial charge in [0.05, 0.1) is 11.1 Å². The largest absolute Gasteiger partial charge is 0.492 e. The van der Waals surface area contributed by atoms with Gasteiger partial charge in [-0.2, -0.15) is 0 Å². The average Bonchev–Trinajstić information content (AvgIpc) is 2.45. The second-order valence-electron chi connectivity index (χ2n) is 4.50. The van der Waals surface area contributed by atoms with Crippen molar-refractivity contribution in [3.63, 3.8) is 0 Å². The van der Waals surface area contributed by atoms with Gasteiger partial charge in [0.25, 0.3) is 0 Å². The number of ether oxygens (including phenoxy) is 1. The van der Waals surface area contributed by atoms with E-state index in [4.69, 9.17) is 16.3 Å². The highest BCUT2D eigenvalue weighted by molar-refractivity contribution is 9.10. The third-order valence-corrected chi connectivity index (χ3v) is 3.75. The molecule has 2 aromatic carbocycles. The van der Waals surface area contributed by atoms with E-state index >= 15 is 0 Å². The van der Waals surface area contributed by atoms with Crippen LogP contribution in [0, 0.1) is 0 Å². The molecule has 0 aliphatic rings. The molecule has 4 heteroatoms. The Balaban J connectivity index is 2.22. The maximum Gasteiger partial charge on any atom is 0.133 e. The number of aliphatic hydroxyl groups is 1. The smallest absolute Gasteiger partial charge is 0.133 e. The van der Waals surface area contributed by atoms with E-state index in [1.54, 1.807) is 12.1 Å². The number of benzene rings is 2. The SMILES string of the molecule is CCCOc1ccc(C(O)c2cccc(Cl)c2)cc1Br. The number of aliphatic hydroxyl groups excluding tert-OH is 1. The third kappa shape index (κ3) is 3.75. The molecular weight excluding hydrogens is 340 g/mol. The van der Waals surface area contributed by atoms with Crippen molar-refractivity contribution in [3.05, 3.63) is 63.1 Å². The molecule has 1 atom stereocenters. The second-order valence-corrected chi connectivity index (χ2v) is 5.79. The van der Waals surface area contributed by atoms with Gasteiger partial charge in [-0.1, -0.05) is 36.7 Å². The zero-order valence-electron chi connectivity index (χ0n) is 11.1. The number of hydrogen-bond donors (Lipinski definition) is 1. The van der Waals surface area contributed by atoms with Gasteiger partial charge in [-0.3, -0.25) is 0 Å². The molecule has 2 nitrogen and oxygen atoms in total. The van der Waals surface area contributed by atoms with Gasteiger partial charge in [0.2, 0.25) is 0 Å². The van der Waals surface area contributed by atoms with Crippen LogP contribution in [0.1, 0.15) is 30.6 Å². The first kappa shape index (κ1) is 15.4. The van der Waals surface area contributed by atoms with Crippen LogP contribution in [-0.4, -0.2) is 11.7 Å². The molecule has 0 saturated carbocycles. The van der Waals surface area contributed by atoms with Crippen LogP contribution in [-0.2, 0) is 0 Å². The molecule has 0 aliphatic heterocycles. The Morgan fingerprint density at radius 2 is 1.95 bits per heavy atom. The van der Waals surface area contributed by atoms with Crippen molar-refractivity contribution in [2.24, 2.45) is 0 Å². The van der Waals surface area contributed by atoms with Gasteiger partial charge in [0.15, 0.2) is 0 Å². The molecule has 2 rings (SSSR count). The fourth-order valence-corrected chi connectivity index (χ4v) is 2.60. The minimum absolute atomic E-state index is 0.614. The van der Waals surface area contributed by atoms with Crippen LogP contribution in [0.2, 0.25) is 5.02 Å². The molecule has 0 aliphatic carbocycles. The van der Waals surface area contributed by atoms with Crippen LogP contribution in [0.3, 0.4) is 0 Å². The summed E-state index contributed by atoms with van der Waals surface area (Å²) in [6.07, 6.45) is 0.254. The van der Waals surface area contributed by atoms with Gasteiger partial charge in [0, 0.05) is 5.02 Å². The summed E-state index contributed by atoms with van der Waals surface area (Å²) >= 11 is 9.42. The summed E-state index contributed by atoms with van der Waals surface area (Å²) in [5, 5.41) is 11.0. The van der Waals surface area contributed by atoms with E-state index < -0.39 is 6.10 Å². The van der Waals surface area contributed by atoms with Crippen LogP contribution >= 0.6 is 27.5 Å². The van der Waals surface area contributed by atoms with Gasteiger partial charge < -0.3 is 9.84 Å². The highest BCUT2D eigenvalue weighted by Gasteiger charge is 2.13. The van der Waals surface area contributed by atoms with Gasteiger partial charge in [-0.15, -0.1) is 0 Å². The van der Waals surface area contributed by atoms with E-state index in [1.165, 1.54) is 0 Å². The normalized spacial score (nSPS) is 12.2. The minimum Gasteiger partial charge on any atom is -0.492 e. The fraction of sp³-hybridized carbons (Fsp3) is 0.250. The van der Waals surface area contributed by atoms with Gasteiger partial charge in [-0.05, 0) is 57.7 Å². The van der Waals surface area contributed by atoms with Crippen LogP contribution in [0.25, 0.3) is 0 Å². The van der Waals surface area contributed by atoms with Gasteiger partial charge in [-0.25, -0.2) is 0 Å². The first-order valence-corrected chi connectivity index (χ1v) is 7.64. The molecule has 0 bridgehead atoms. The molecule has 0 spiro atoms. The molecule has 0 saturated heterocycles. The van der Waals surface area contributed by atoms with Crippen molar-refractivity contribution in [2.45, 2.75) is 19.4 Å². The van der Waals surface area contributed by atoms with Crippen molar-refractivity contribution < 1.29 is 9.84 Å². The topological polar surface area (TPSA) is 29.5 Å². The zero-order valence-corrected chi connectivity index (χ0v) is 13.5. The zero-order chi connectivity index (χ0) is 14.5. The van der Waals surface area contributed by atoms with Crippen LogP contribution < -0.4 is 4.74 Å². The summed E-state index contributed by atoms with van der Waals surface area (Å²) in [6, 6.07) is 12.8. The maximum atomic E-state index is 10.4. The lowest BCUT2D eigenvalue weighted by Crippen LogP contribution is -2.01. The Kier molecular flexibility index (Phi) is 5.46. The summed E-state index contributed by atoms with van der Waals surface area (Å²) < 4.78 is 6.43. The molecule has 0 fully saturated rings. The number of halogens is 2. The summed E-state index contributed by atoms with van der Waals surface area (Å²) in [5.41, 5.74) is 1.56. The van der Waals surface area contributed by atoms with E-state index in [0.717, 1.165) is 27.8 Å². The second kappa shape index (κ2) is 7.11. The van der Waals surface area contributed by atoms with Crippen molar-refractivity contribution in [3.8, 4) is 5.75 Å². The Bertz CT molecular complexity index is 586. The van der Waals surface area contributed by atoms with Crippen molar-refractivity contribution in [1.29, 1.82) is 0 Å². The van der Waals surface area contributed by atoms with Crippen molar-refractivity contribution >= 4 is 27.5 Å². The summed E-state index contributed by atoms with van der Waals surface area (Å²) in [5.74, 6) is 0.786. The van der Waals surface area contributed by atoms with Crippen molar-refractivity contribution in [2.75, 3.05) is 6.61 Å². The molecule has 1 unspecified atom stereocenters. The van der Waals surface area contributed by atoms with Gasteiger partial charge >= 0.3 is 0 Å². The van der Waals surface area contributed by atoms with Crippen LogP contribution in [0.5, 0.6) is 5.75 Å². The van der Waals surface area contributed by atoms with E-state index in [2.05, 4.69) is 22.9 Å². The fourth-order valence-electron chi connectivity index (χ4n) is 1.89. The molecular formula is C16H16BrClO2. The quantitative estimate of drug-likeness (QED) is 0.820. The van der Waals surface area contributed by atoms with E-state index in [0.29, 0.717) is 11.6 Å². The Hall–Kier alpha value is -1.03. The Morgan fingerprint density at radius 3 is 2.60 bits per heavy atom. The highest BCUT2D eigenvalue weighted by atomic mass is 79.9. The van der Waals surface area contributed by atoms with Crippen LogP contribution in [0.15, 0.2) is 46.9 Å². The van der Waals surface area contributed by atoms with Crippen LogP contribution in [0.4, 0.5) is 0 Å². The molecule has 1 N–H and O–H groups in total. The molecule has 20 heavy (non-hydrogen) atoms. The lowest BCUT2D eigenvalue weighted by Gasteiger charge is -2.14. The molecule has 2 aromatic rings. The Morgan fingerprint density at radius 1 is 1.20 bits per heavy atom. The first-order chi connectivity index (χ1) is 9.61. The minimum atomic E-state index is -0.703. The average molecular weight is 356 g/mol. The first-order valence-electron chi connectivity index (χ1n) is 6.47. The summed E-state index contributed by atoms with van der Waals surface area (Å²) in [6.45, 7) is 2.74.